The number of rotatable bonds is 15. The van der Waals surface area contributed by atoms with Gasteiger partial charge in [0.15, 0.2) is 10.8 Å². The zero-order valence-corrected chi connectivity index (χ0v) is 33.6. The van der Waals surface area contributed by atoms with E-state index in [1.807, 2.05) is 61.5 Å². The van der Waals surface area contributed by atoms with Crippen LogP contribution in [0.3, 0.4) is 0 Å². The van der Waals surface area contributed by atoms with Crippen LogP contribution in [0.1, 0.15) is 44.0 Å². The molecule has 15 nitrogen and oxygen atoms in total. The summed E-state index contributed by atoms with van der Waals surface area (Å²) in [6.07, 6.45) is 5.34. The average Bonchev–Trinajstić information content (AvgIpc) is 3.64. The van der Waals surface area contributed by atoms with Crippen LogP contribution in [0.4, 0.5) is 16.6 Å². The molecule has 6 aromatic rings. The number of nitrogens with zero attached hydrogens (tertiary/aromatic N) is 5. The summed E-state index contributed by atoms with van der Waals surface area (Å²) in [7, 11) is -0.353. The average molecular weight is 826 g/mol. The Morgan fingerprint density at radius 3 is 2.59 bits per heavy atom. The van der Waals surface area contributed by atoms with Gasteiger partial charge in [-0.15, -0.1) is 0 Å². The van der Waals surface area contributed by atoms with Gasteiger partial charge in [-0.2, -0.15) is 5.48 Å². The van der Waals surface area contributed by atoms with Gasteiger partial charge in [0.25, 0.3) is 21.8 Å². The van der Waals surface area contributed by atoms with Gasteiger partial charge < -0.3 is 20.0 Å². The Bertz CT molecular complexity index is 2470. The van der Waals surface area contributed by atoms with E-state index < -0.39 is 15.9 Å². The van der Waals surface area contributed by atoms with E-state index in [0.29, 0.717) is 54.7 Å². The zero-order valence-electron chi connectivity index (χ0n) is 32.0. The predicted octanol–water partition coefficient (Wildman–Crippen LogP) is 3.97. The number of carbonyl (C=O) groups excluding carboxylic acids is 2. The summed E-state index contributed by atoms with van der Waals surface area (Å²) < 4.78 is 36.1. The lowest BCUT2D eigenvalue weighted by Crippen LogP contribution is -2.74. The van der Waals surface area contributed by atoms with Crippen LogP contribution in [-0.4, -0.2) is 84.6 Å². The van der Waals surface area contributed by atoms with E-state index in [0.717, 1.165) is 51.1 Å². The highest BCUT2D eigenvalue weighted by molar-refractivity contribution is 7.90. The molecule has 302 valence electrons. The first-order valence-electron chi connectivity index (χ1n) is 18.4. The predicted molar refractivity (Wildman–Crippen MR) is 221 cm³/mol. The van der Waals surface area contributed by atoms with Gasteiger partial charge in [0.05, 0.1) is 21.7 Å². The zero-order chi connectivity index (χ0) is 39.9. The maximum Gasteiger partial charge on any atom is 0.283 e. The molecule has 0 radical (unpaired) electrons. The molecule has 0 fully saturated rings. The van der Waals surface area contributed by atoms with E-state index in [9.17, 15) is 23.2 Å². The van der Waals surface area contributed by atoms with Crippen LogP contribution < -0.4 is 25.2 Å². The number of ether oxygens (including phenoxy) is 1. The molecule has 0 saturated carbocycles. The van der Waals surface area contributed by atoms with Gasteiger partial charge in [0, 0.05) is 42.7 Å². The van der Waals surface area contributed by atoms with Crippen LogP contribution >= 0.6 is 11.3 Å². The highest BCUT2D eigenvalue weighted by atomic mass is 32.2. The quantitative estimate of drug-likeness (QED) is 0.0859. The first-order valence-corrected chi connectivity index (χ1v) is 20.7. The summed E-state index contributed by atoms with van der Waals surface area (Å²) >= 11 is 1.34. The van der Waals surface area contributed by atoms with Gasteiger partial charge in [-0.25, -0.2) is 28.3 Å². The third-order valence-corrected chi connectivity index (χ3v) is 12.0. The Morgan fingerprint density at radius 2 is 1.81 bits per heavy atom. The normalized spacial score (nSPS) is 13.1. The maximum absolute atomic E-state index is 13.5. The first kappa shape index (κ1) is 41.8. The first-order chi connectivity index (χ1) is 27.6. The van der Waals surface area contributed by atoms with E-state index in [1.165, 1.54) is 29.5 Å². The number of hydrogen-bond acceptors (Lipinski definition) is 12. The number of fused-ring (bicyclic) bond motifs is 2. The Labute approximate surface area is 340 Å². The van der Waals surface area contributed by atoms with Gasteiger partial charge in [0.1, 0.15) is 17.3 Å². The Kier molecular flexibility index (Phi) is 13.4. The molecule has 0 bridgehead atoms. The number of nitrogens with two attached hydrogens (primary N) is 1. The van der Waals surface area contributed by atoms with Crippen LogP contribution in [0.25, 0.3) is 10.2 Å². The van der Waals surface area contributed by atoms with Crippen LogP contribution in [-0.2, 0) is 29.4 Å². The summed E-state index contributed by atoms with van der Waals surface area (Å²) in [5.41, 5.74) is 4.98. The third kappa shape index (κ3) is 10.00. The van der Waals surface area contributed by atoms with Crippen molar-refractivity contribution in [3.63, 3.8) is 0 Å². The number of amides is 2. The van der Waals surface area contributed by atoms with Gasteiger partial charge in [-0.3, -0.25) is 19.9 Å². The van der Waals surface area contributed by atoms with Crippen molar-refractivity contribution in [2.75, 3.05) is 44.0 Å². The molecule has 17 heteroatoms. The highest BCUT2D eigenvalue weighted by Gasteiger charge is 2.26. The molecule has 7 N–H and O–H groups in total. The van der Waals surface area contributed by atoms with Crippen molar-refractivity contribution in [1.82, 2.24) is 24.6 Å². The number of quaternary nitrogens is 1. The number of benzene rings is 3. The Hall–Kier alpha value is -5.82. The van der Waals surface area contributed by atoms with E-state index in [2.05, 4.69) is 29.9 Å². The summed E-state index contributed by atoms with van der Waals surface area (Å²) in [5, 5.41) is 13.6. The van der Waals surface area contributed by atoms with Crippen molar-refractivity contribution in [2.45, 2.75) is 30.7 Å². The number of hydrogen-bond donors (Lipinski definition) is 4. The second kappa shape index (κ2) is 18.6. The fraction of sp³-hybridized carbons (Fsp3) is 0.244. The maximum atomic E-state index is 13.5. The smallest absolute Gasteiger partial charge is 0.283 e. The molecule has 3 aromatic heterocycles. The molecule has 1 aliphatic heterocycles. The monoisotopic (exact) mass is 825 g/mol. The van der Waals surface area contributed by atoms with Crippen molar-refractivity contribution in [2.24, 2.45) is 5.92 Å². The van der Waals surface area contributed by atoms with Crippen molar-refractivity contribution in [3.8, 4) is 5.75 Å². The fourth-order valence-corrected chi connectivity index (χ4v) is 8.54. The molecule has 2 amide bonds. The Balaban J connectivity index is 0.00000567. The molecule has 3 aromatic carbocycles. The van der Waals surface area contributed by atoms with E-state index in [4.69, 9.17) is 4.74 Å². The third-order valence-electron chi connectivity index (χ3n) is 9.74. The molecular formula is C41H45N8O7S2+. The molecule has 4 heterocycles. The lowest BCUT2D eigenvalue weighted by Gasteiger charge is -2.31. The number of pyridine rings is 2. The molecule has 0 spiro atoms. The lowest BCUT2D eigenvalue weighted by atomic mass is 9.94. The topological polar surface area (TPSA) is 215 Å². The molecule has 1 atom stereocenters. The van der Waals surface area contributed by atoms with Gasteiger partial charge in [0.2, 0.25) is 0 Å². The molecular weight excluding hydrogens is 781 g/mol. The highest BCUT2D eigenvalue weighted by Crippen LogP contribution is 2.29. The van der Waals surface area contributed by atoms with E-state index in [-0.39, 0.29) is 27.9 Å². The van der Waals surface area contributed by atoms with E-state index in [1.54, 1.807) is 42.7 Å². The summed E-state index contributed by atoms with van der Waals surface area (Å²) in [6.45, 7) is 2.18. The van der Waals surface area contributed by atoms with Gasteiger partial charge in [-0.05, 0) is 99.4 Å². The van der Waals surface area contributed by atoms with Gasteiger partial charge >= 0.3 is 0 Å². The molecule has 0 saturated heterocycles. The number of carbonyl (C=O) groups is 2. The largest absolute Gasteiger partial charge is 0.493 e. The minimum absolute atomic E-state index is 0. The second-order valence-electron chi connectivity index (χ2n) is 14.0. The molecule has 7 rings (SSSR count). The SMILES string of the molecule is CN(C)CC[C@H](COc1ccccc1)Cc1ccc(S(=O)(=O)NC(=O)c2cccc(N3CCc4cccc(C(=O)Nc5nc6ccncc6s5)c4C3)n2)cc1[NH2+]O.O. The van der Waals surface area contributed by atoms with Crippen molar-refractivity contribution in [3.05, 3.63) is 131 Å². The standard InChI is InChI=1S/C41H42N8O6S2.H2O/c1-48(2)20-17-27(26-55-30-9-4-3-5-10-30)22-29-14-15-31(23-36(29)46-52)57(53,54)47-40(51)35-12-7-13-38(43-35)49-21-18-28-8-6-11-32(33(28)25-49)39(50)45-41-44-34-16-19-42-24-37(34)56-41;/h3-16,19,23-24,27,46,52H,17-18,20-22,25-26H2,1-2H3,(H,47,51)(H,44,45,50);1H2/p+1/t27-;/m0./s1. The van der Waals surface area contributed by atoms with Crippen LogP contribution in [0.15, 0.2) is 108 Å². The molecule has 58 heavy (non-hydrogen) atoms. The van der Waals surface area contributed by atoms with Gasteiger partial charge in [-0.1, -0.05) is 53.8 Å². The number of sulfonamides is 1. The van der Waals surface area contributed by atoms with Crippen LogP contribution in [0.2, 0.25) is 0 Å². The number of para-hydroxylation sites is 1. The fourth-order valence-electron chi connectivity index (χ4n) is 6.72. The summed E-state index contributed by atoms with van der Waals surface area (Å²) in [5.74, 6) is 0.102. The summed E-state index contributed by atoms with van der Waals surface area (Å²) in [4.78, 5) is 43.9. The second-order valence-corrected chi connectivity index (χ2v) is 16.7. The van der Waals surface area contributed by atoms with E-state index >= 15 is 0 Å². The summed E-state index contributed by atoms with van der Waals surface area (Å²) in [6, 6.07) is 26.2. The number of nitrogens with one attached hydrogen (secondary N) is 2. The minimum atomic E-state index is -4.35. The molecule has 0 aliphatic carbocycles. The van der Waals surface area contributed by atoms with Crippen LogP contribution in [0.5, 0.6) is 5.75 Å². The number of aromatic nitrogens is 3. The van der Waals surface area contributed by atoms with Crippen LogP contribution in [0, 0.1) is 5.92 Å². The Morgan fingerprint density at radius 1 is 1.00 bits per heavy atom. The number of thiazole rings is 1. The number of anilines is 2. The molecule has 1 aliphatic rings. The minimum Gasteiger partial charge on any atom is -0.493 e. The van der Waals surface area contributed by atoms with Crippen molar-refractivity contribution >= 4 is 60.0 Å². The van der Waals surface area contributed by atoms with Crippen molar-refractivity contribution in [1.29, 1.82) is 0 Å². The molecule has 0 unspecified atom stereocenters. The van der Waals surface area contributed by atoms with Crippen molar-refractivity contribution < 1.29 is 38.9 Å². The lowest BCUT2D eigenvalue weighted by molar-refractivity contribution is -0.826.